The van der Waals surface area contributed by atoms with Gasteiger partial charge in [-0.05, 0) is 18.6 Å². The Morgan fingerprint density at radius 3 is 2.81 bits per heavy atom. The fourth-order valence-electron chi connectivity index (χ4n) is 1.75. The summed E-state index contributed by atoms with van der Waals surface area (Å²) in [4.78, 5) is 11.5. The number of rotatable bonds is 7. The molecular formula is C13H18N2O5S. The van der Waals surface area contributed by atoms with Crippen molar-refractivity contribution in [2.45, 2.75) is 24.7 Å². The van der Waals surface area contributed by atoms with Gasteiger partial charge in [0.05, 0.1) is 11.4 Å². The van der Waals surface area contributed by atoms with Crippen molar-refractivity contribution < 1.29 is 22.7 Å². The van der Waals surface area contributed by atoms with E-state index >= 15 is 0 Å². The number of unbranched alkanes of at least 4 members (excludes halogenated alkanes) is 1. The zero-order valence-corrected chi connectivity index (χ0v) is 12.5. The number of fused-ring (bicyclic) bond motifs is 1. The first-order valence-electron chi connectivity index (χ1n) is 6.69. The molecule has 1 aromatic carbocycles. The molecule has 0 radical (unpaired) electrons. The van der Waals surface area contributed by atoms with Crippen LogP contribution in [0, 0.1) is 0 Å². The molecule has 116 valence electrons. The van der Waals surface area contributed by atoms with Gasteiger partial charge in [0, 0.05) is 12.6 Å². The molecule has 2 N–H and O–H groups in total. The summed E-state index contributed by atoms with van der Waals surface area (Å²) in [5.41, 5.74) is 0. The molecule has 0 saturated heterocycles. The molecule has 0 aliphatic carbocycles. The number of nitrogens with one attached hydrogen (secondary N) is 2. The number of sulfonamides is 1. The van der Waals surface area contributed by atoms with Crippen molar-refractivity contribution in [3.05, 3.63) is 18.2 Å². The number of benzene rings is 1. The van der Waals surface area contributed by atoms with Gasteiger partial charge in [0.1, 0.15) is 0 Å². The molecule has 1 heterocycles. The number of carbonyl (C=O) groups is 1. The van der Waals surface area contributed by atoms with Crippen LogP contribution in [0.2, 0.25) is 0 Å². The zero-order valence-electron chi connectivity index (χ0n) is 11.7. The third-order valence-corrected chi connectivity index (χ3v) is 4.33. The Morgan fingerprint density at radius 1 is 1.29 bits per heavy atom. The predicted octanol–water partition coefficient (Wildman–Crippen LogP) is 0.610. The molecule has 8 heteroatoms. The van der Waals surface area contributed by atoms with Crippen molar-refractivity contribution in [3.8, 4) is 11.5 Å². The fourth-order valence-corrected chi connectivity index (χ4v) is 2.75. The molecule has 0 bridgehead atoms. The number of carbonyl (C=O) groups excluding carboxylic acids is 1. The van der Waals surface area contributed by atoms with Crippen molar-refractivity contribution in [1.29, 1.82) is 0 Å². The summed E-state index contributed by atoms with van der Waals surface area (Å²) in [6.07, 6.45) is 1.82. The van der Waals surface area contributed by atoms with Crippen LogP contribution >= 0.6 is 0 Å². The van der Waals surface area contributed by atoms with E-state index < -0.39 is 10.0 Å². The molecule has 1 amide bonds. The SMILES string of the molecule is CCCCNC(=O)CNS(=O)(=O)c1ccc2c(c1)OCO2. The van der Waals surface area contributed by atoms with Crippen molar-refractivity contribution in [2.75, 3.05) is 19.9 Å². The summed E-state index contributed by atoms with van der Waals surface area (Å²) < 4.78 is 36.7. The lowest BCUT2D eigenvalue weighted by Gasteiger charge is -2.08. The van der Waals surface area contributed by atoms with E-state index in [9.17, 15) is 13.2 Å². The van der Waals surface area contributed by atoms with Crippen molar-refractivity contribution in [3.63, 3.8) is 0 Å². The second-order valence-electron chi connectivity index (χ2n) is 4.54. The smallest absolute Gasteiger partial charge is 0.241 e. The van der Waals surface area contributed by atoms with Crippen LogP contribution in [-0.2, 0) is 14.8 Å². The summed E-state index contributed by atoms with van der Waals surface area (Å²) in [5.74, 6) is 0.532. The lowest BCUT2D eigenvalue weighted by Crippen LogP contribution is -2.37. The third kappa shape index (κ3) is 4.08. The van der Waals surface area contributed by atoms with Gasteiger partial charge in [-0.3, -0.25) is 4.79 Å². The highest BCUT2D eigenvalue weighted by molar-refractivity contribution is 7.89. The molecular weight excluding hydrogens is 296 g/mol. The molecule has 1 aliphatic heterocycles. The minimum absolute atomic E-state index is 0.0353. The van der Waals surface area contributed by atoms with Crippen LogP contribution in [0.5, 0.6) is 11.5 Å². The zero-order chi connectivity index (χ0) is 15.3. The largest absolute Gasteiger partial charge is 0.454 e. The molecule has 7 nitrogen and oxygen atoms in total. The van der Waals surface area contributed by atoms with E-state index in [1.807, 2.05) is 6.92 Å². The Morgan fingerprint density at radius 2 is 2.05 bits per heavy atom. The average Bonchev–Trinajstić information content (AvgIpc) is 2.93. The Hall–Kier alpha value is -1.80. The summed E-state index contributed by atoms with van der Waals surface area (Å²) in [6, 6.07) is 4.31. The fraction of sp³-hybridized carbons (Fsp3) is 0.462. The van der Waals surface area contributed by atoms with Crippen LogP contribution in [0.1, 0.15) is 19.8 Å². The molecule has 0 atom stereocenters. The highest BCUT2D eigenvalue weighted by Gasteiger charge is 2.20. The van der Waals surface area contributed by atoms with E-state index in [1.165, 1.54) is 18.2 Å². The molecule has 0 fully saturated rings. The second kappa shape index (κ2) is 6.77. The Bertz CT molecular complexity index is 615. The topological polar surface area (TPSA) is 93.7 Å². The maximum atomic E-state index is 12.1. The molecule has 0 aromatic heterocycles. The van der Waals surface area contributed by atoms with E-state index in [0.717, 1.165) is 12.8 Å². The Kier molecular flexibility index (Phi) is 5.03. The Labute approximate surface area is 123 Å². The third-order valence-electron chi connectivity index (χ3n) is 2.93. The quantitative estimate of drug-likeness (QED) is 0.719. The van der Waals surface area contributed by atoms with Crippen LogP contribution in [-0.4, -0.2) is 34.2 Å². The van der Waals surface area contributed by atoms with E-state index in [4.69, 9.17) is 9.47 Å². The van der Waals surface area contributed by atoms with Gasteiger partial charge in [0.2, 0.25) is 22.7 Å². The number of hydrogen-bond donors (Lipinski definition) is 2. The van der Waals surface area contributed by atoms with E-state index in [0.29, 0.717) is 18.0 Å². The van der Waals surface area contributed by atoms with Crippen molar-refractivity contribution in [2.24, 2.45) is 0 Å². The van der Waals surface area contributed by atoms with Gasteiger partial charge in [-0.1, -0.05) is 13.3 Å². The van der Waals surface area contributed by atoms with Crippen LogP contribution in [0.4, 0.5) is 0 Å². The first-order valence-corrected chi connectivity index (χ1v) is 8.17. The highest BCUT2D eigenvalue weighted by atomic mass is 32.2. The lowest BCUT2D eigenvalue weighted by molar-refractivity contribution is -0.119. The maximum Gasteiger partial charge on any atom is 0.241 e. The normalized spacial score (nSPS) is 13.2. The lowest BCUT2D eigenvalue weighted by atomic mass is 10.3. The predicted molar refractivity (Wildman–Crippen MR) is 75.7 cm³/mol. The number of ether oxygens (including phenoxy) is 2. The van der Waals surface area contributed by atoms with E-state index in [2.05, 4.69) is 10.0 Å². The first-order chi connectivity index (χ1) is 10.0. The van der Waals surface area contributed by atoms with Crippen LogP contribution < -0.4 is 19.5 Å². The average molecular weight is 314 g/mol. The van der Waals surface area contributed by atoms with Gasteiger partial charge < -0.3 is 14.8 Å². The van der Waals surface area contributed by atoms with Gasteiger partial charge >= 0.3 is 0 Å². The monoisotopic (exact) mass is 314 g/mol. The minimum atomic E-state index is -3.75. The number of amides is 1. The van der Waals surface area contributed by atoms with Gasteiger partial charge in [-0.15, -0.1) is 0 Å². The van der Waals surface area contributed by atoms with E-state index in [1.54, 1.807) is 0 Å². The minimum Gasteiger partial charge on any atom is -0.454 e. The molecule has 0 saturated carbocycles. The van der Waals surface area contributed by atoms with Gasteiger partial charge in [-0.25, -0.2) is 13.1 Å². The van der Waals surface area contributed by atoms with Gasteiger partial charge in [-0.2, -0.15) is 0 Å². The molecule has 21 heavy (non-hydrogen) atoms. The molecule has 1 aliphatic rings. The van der Waals surface area contributed by atoms with Crippen molar-refractivity contribution in [1.82, 2.24) is 10.0 Å². The number of hydrogen-bond acceptors (Lipinski definition) is 5. The van der Waals surface area contributed by atoms with Gasteiger partial charge in [0.25, 0.3) is 0 Å². The summed E-state index contributed by atoms with van der Waals surface area (Å²) in [5, 5.41) is 2.64. The molecule has 0 unspecified atom stereocenters. The van der Waals surface area contributed by atoms with E-state index in [-0.39, 0.29) is 24.1 Å². The molecule has 2 rings (SSSR count). The summed E-state index contributed by atoms with van der Waals surface area (Å²) >= 11 is 0. The standard InChI is InChI=1S/C13H18N2O5S/c1-2-3-6-14-13(16)8-15-21(17,18)10-4-5-11-12(7-10)20-9-19-11/h4-5,7,15H,2-3,6,8-9H2,1H3,(H,14,16). The highest BCUT2D eigenvalue weighted by Crippen LogP contribution is 2.33. The maximum absolute atomic E-state index is 12.1. The van der Waals surface area contributed by atoms with Crippen LogP contribution in [0.25, 0.3) is 0 Å². The summed E-state index contributed by atoms with van der Waals surface area (Å²) in [6.45, 7) is 2.34. The molecule has 0 spiro atoms. The first kappa shape index (κ1) is 15.6. The van der Waals surface area contributed by atoms with Crippen molar-refractivity contribution >= 4 is 15.9 Å². The van der Waals surface area contributed by atoms with Crippen LogP contribution in [0.15, 0.2) is 23.1 Å². The molecule has 1 aromatic rings. The van der Waals surface area contributed by atoms with Gasteiger partial charge in [0.15, 0.2) is 11.5 Å². The van der Waals surface area contributed by atoms with Crippen LogP contribution in [0.3, 0.4) is 0 Å². The Balaban J connectivity index is 1.94. The second-order valence-corrected chi connectivity index (χ2v) is 6.31. The summed E-state index contributed by atoms with van der Waals surface area (Å²) in [7, 11) is -3.75.